The minimum absolute atomic E-state index is 0.234. The van der Waals surface area contributed by atoms with Gasteiger partial charge < -0.3 is 8.99 Å². The number of fused-ring (bicyclic) bond motifs is 3. The van der Waals surface area contributed by atoms with Crippen LogP contribution in [0.15, 0.2) is 18.2 Å². The molecule has 0 spiro atoms. The Morgan fingerprint density at radius 1 is 1.26 bits per heavy atom. The average Bonchev–Trinajstić information content (AvgIpc) is 3.02. The van der Waals surface area contributed by atoms with E-state index in [9.17, 15) is 0 Å². The van der Waals surface area contributed by atoms with E-state index in [1.165, 1.54) is 33.0 Å². The van der Waals surface area contributed by atoms with Gasteiger partial charge in [0.25, 0.3) is 8.32 Å². The summed E-state index contributed by atoms with van der Waals surface area (Å²) in [6, 6.07) is 6.71. The Labute approximate surface area is 154 Å². The molecule has 2 aromatic rings. The number of rotatable bonds is 4. The summed E-state index contributed by atoms with van der Waals surface area (Å²) in [6.45, 7) is 15.2. The minimum atomic E-state index is -1.85. The molecule has 0 aliphatic carbocycles. The lowest BCUT2D eigenvalue weighted by Gasteiger charge is -2.42. The Morgan fingerprint density at radius 2 is 1.96 bits per heavy atom. The van der Waals surface area contributed by atoms with Crippen LogP contribution >= 0.6 is 22.6 Å². The summed E-state index contributed by atoms with van der Waals surface area (Å²) < 4.78 is 10.5. The van der Waals surface area contributed by atoms with E-state index >= 15 is 0 Å². The maximum atomic E-state index is 6.62. The Kier molecular flexibility index (Phi) is 4.37. The van der Waals surface area contributed by atoms with Gasteiger partial charge in [-0.05, 0) is 77.7 Å². The standard InChI is InChI=1S/C19H28INOSi/c1-13(2)19(3,4)23(5,6)22-14-9-10-16-15(12-14)18(20)17-8-7-11-21(16)17/h9-10,12-13H,7-8,11H2,1-6H3. The van der Waals surface area contributed by atoms with Gasteiger partial charge in [-0.25, -0.2) is 0 Å². The van der Waals surface area contributed by atoms with Crippen LogP contribution < -0.4 is 4.43 Å². The van der Waals surface area contributed by atoms with Gasteiger partial charge in [0.1, 0.15) is 5.75 Å². The largest absolute Gasteiger partial charge is 0.543 e. The Morgan fingerprint density at radius 3 is 2.61 bits per heavy atom. The zero-order valence-corrected chi connectivity index (χ0v) is 18.3. The second-order valence-corrected chi connectivity index (χ2v) is 13.8. The maximum Gasteiger partial charge on any atom is 0.251 e. The lowest BCUT2D eigenvalue weighted by atomic mass is 9.99. The minimum Gasteiger partial charge on any atom is -0.543 e. The van der Waals surface area contributed by atoms with Crippen LogP contribution in [0, 0.1) is 9.49 Å². The molecule has 2 heterocycles. The molecule has 0 radical (unpaired) electrons. The van der Waals surface area contributed by atoms with E-state index in [0.717, 1.165) is 12.3 Å². The first-order valence-corrected chi connectivity index (χ1v) is 12.6. The summed E-state index contributed by atoms with van der Waals surface area (Å²) in [5, 5.41) is 1.60. The third kappa shape index (κ3) is 2.75. The van der Waals surface area contributed by atoms with E-state index in [4.69, 9.17) is 4.43 Å². The fourth-order valence-electron chi connectivity index (χ4n) is 3.44. The normalized spacial score (nSPS) is 15.5. The van der Waals surface area contributed by atoms with Gasteiger partial charge in [0.15, 0.2) is 0 Å². The predicted molar refractivity (Wildman–Crippen MR) is 110 cm³/mol. The Bertz CT molecular complexity index is 745. The third-order valence-corrected chi connectivity index (χ3v) is 11.9. The molecule has 0 bridgehead atoms. The van der Waals surface area contributed by atoms with Gasteiger partial charge in [-0.15, -0.1) is 0 Å². The first-order valence-electron chi connectivity index (χ1n) is 8.65. The molecular formula is C19H28INOSi. The molecule has 0 N–H and O–H groups in total. The van der Waals surface area contributed by atoms with Gasteiger partial charge in [-0.1, -0.05) is 27.7 Å². The van der Waals surface area contributed by atoms with Crippen molar-refractivity contribution >= 4 is 41.8 Å². The predicted octanol–water partition coefficient (Wildman–Crippen LogP) is 6.21. The number of aromatic nitrogens is 1. The van der Waals surface area contributed by atoms with Crippen molar-refractivity contribution in [2.75, 3.05) is 0 Å². The van der Waals surface area contributed by atoms with E-state index in [-0.39, 0.29) is 5.04 Å². The summed E-state index contributed by atoms with van der Waals surface area (Å²) >= 11 is 2.52. The van der Waals surface area contributed by atoms with Crippen molar-refractivity contribution in [2.45, 2.75) is 65.2 Å². The van der Waals surface area contributed by atoms with Gasteiger partial charge in [0.05, 0.1) is 0 Å². The SMILES string of the molecule is CC(C)C(C)(C)[Si](C)(C)Oc1ccc2c(c1)c(I)c1n2CCC1. The Hall–Kier alpha value is -0.493. The van der Waals surface area contributed by atoms with Crippen LogP contribution in [-0.2, 0) is 13.0 Å². The van der Waals surface area contributed by atoms with Crippen LogP contribution in [-0.4, -0.2) is 12.9 Å². The molecule has 1 aliphatic rings. The number of aryl methyl sites for hydroxylation is 1. The smallest absolute Gasteiger partial charge is 0.251 e. The number of benzene rings is 1. The zero-order valence-electron chi connectivity index (χ0n) is 15.2. The molecule has 3 rings (SSSR count). The molecule has 0 unspecified atom stereocenters. The van der Waals surface area contributed by atoms with Crippen molar-refractivity contribution in [2.24, 2.45) is 5.92 Å². The van der Waals surface area contributed by atoms with Crippen molar-refractivity contribution in [3.05, 3.63) is 27.5 Å². The molecule has 1 aromatic carbocycles. The van der Waals surface area contributed by atoms with E-state index in [1.54, 1.807) is 0 Å². The second-order valence-electron chi connectivity index (χ2n) is 8.18. The molecule has 0 atom stereocenters. The van der Waals surface area contributed by atoms with Gasteiger partial charge in [0, 0.05) is 26.7 Å². The monoisotopic (exact) mass is 441 g/mol. The molecule has 126 valence electrons. The molecule has 0 amide bonds. The number of halogens is 1. The second kappa shape index (κ2) is 5.79. The highest BCUT2D eigenvalue weighted by molar-refractivity contribution is 14.1. The van der Waals surface area contributed by atoms with Crippen molar-refractivity contribution in [3.8, 4) is 5.75 Å². The van der Waals surface area contributed by atoms with Crippen LogP contribution in [0.1, 0.15) is 39.8 Å². The number of hydrogen-bond donors (Lipinski definition) is 0. The molecular weight excluding hydrogens is 413 g/mol. The third-order valence-electron chi connectivity index (χ3n) is 6.24. The number of hydrogen-bond acceptors (Lipinski definition) is 1. The van der Waals surface area contributed by atoms with Crippen LogP contribution in [0.2, 0.25) is 18.1 Å². The fraction of sp³-hybridized carbons (Fsp3) is 0.579. The number of nitrogens with zero attached hydrogens (tertiary/aromatic N) is 1. The Balaban J connectivity index is 1.97. The quantitative estimate of drug-likeness (QED) is 0.406. The van der Waals surface area contributed by atoms with Crippen molar-refractivity contribution in [3.63, 3.8) is 0 Å². The topological polar surface area (TPSA) is 14.2 Å². The van der Waals surface area contributed by atoms with Crippen LogP contribution in [0.4, 0.5) is 0 Å². The highest BCUT2D eigenvalue weighted by atomic mass is 127. The first kappa shape index (κ1) is 17.3. The maximum absolute atomic E-state index is 6.62. The zero-order chi connectivity index (χ0) is 17.0. The molecule has 1 aliphatic heterocycles. The molecule has 23 heavy (non-hydrogen) atoms. The van der Waals surface area contributed by atoms with E-state index < -0.39 is 8.32 Å². The van der Waals surface area contributed by atoms with E-state index in [0.29, 0.717) is 5.92 Å². The highest BCUT2D eigenvalue weighted by Crippen LogP contribution is 2.45. The molecule has 2 nitrogen and oxygen atoms in total. The molecule has 0 saturated carbocycles. The lowest BCUT2D eigenvalue weighted by molar-refractivity contribution is 0.394. The summed E-state index contributed by atoms with van der Waals surface area (Å²) in [5.74, 6) is 1.66. The van der Waals surface area contributed by atoms with Crippen LogP contribution in [0.5, 0.6) is 5.75 Å². The van der Waals surface area contributed by atoms with Gasteiger partial charge >= 0.3 is 0 Å². The van der Waals surface area contributed by atoms with Gasteiger partial charge in [-0.2, -0.15) is 0 Å². The first-order chi connectivity index (χ1) is 10.6. The van der Waals surface area contributed by atoms with E-state index in [1.807, 2.05) is 0 Å². The van der Waals surface area contributed by atoms with Gasteiger partial charge in [0.2, 0.25) is 0 Å². The average molecular weight is 441 g/mol. The van der Waals surface area contributed by atoms with Crippen LogP contribution in [0.3, 0.4) is 0 Å². The summed E-state index contributed by atoms with van der Waals surface area (Å²) in [5.41, 5.74) is 2.88. The molecule has 0 fully saturated rings. The van der Waals surface area contributed by atoms with E-state index in [2.05, 4.69) is 86.1 Å². The van der Waals surface area contributed by atoms with Crippen LogP contribution in [0.25, 0.3) is 10.9 Å². The molecule has 1 aromatic heterocycles. The lowest BCUT2D eigenvalue weighted by Crippen LogP contribution is -2.47. The fourth-order valence-corrected chi connectivity index (χ4v) is 6.80. The molecule has 0 saturated heterocycles. The van der Waals surface area contributed by atoms with Crippen molar-refractivity contribution in [1.29, 1.82) is 0 Å². The summed E-state index contributed by atoms with van der Waals surface area (Å²) in [6.07, 6.45) is 2.49. The summed E-state index contributed by atoms with van der Waals surface area (Å²) in [7, 11) is -1.85. The highest BCUT2D eigenvalue weighted by Gasteiger charge is 2.44. The van der Waals surface area contributed by atoms with Gasteiger partial charge in [-0.3, -0.25) is 0 Å². The van der Waals surface area contributed by atoms with Crippen molar-refractivity contribution < 1.29 is 4.43 Å². The summed E-state index contributed by atoms with van der Waals surface area (Å²) in [4.78, 5) is 0. The molecule has 4 heteroatoms. The van der Waals surface area contributed by atoms with Crippen molar-refractivity contribution in [1.82, 2.24) is 4.57 Å².